The van der Waals surface area contributed by atoms with Gasteiger partial charge in [0.2, 0.25) is 0 Å². The molecule has 0 heterocycles. The first kappa shape index (κ1) is 37.2. The fourth-order valence-electron chi connectivity index (χ4n) is 5.68. The van der Waals surface area contributed by atoms with Crippen LogP contribution in [-0.2, 0) is 14.2 Å². The third-order valence-electron chi connectivity index (χ3n) is 8.43. The molecule has 0 spiro atoms. The molecule has 3 heteroatoms. The van der Waals surface area contributed by atoms with E-state index in [0.29, 0.717) is 0 Å². The van der Waals surface area contributed by atoms with E-state index in [4.69, 9.17) is 14.2 Å². The average molecular weight is 563 g/mol. The Labute approximate surface area is 251 Å². The van der Waals surface area contributed by atoms with Crippen molar-refractivity contribution in [2.24, 2.45) is 0 Å². The van der Waals surface area contributed by atoms with E-state index in [1.807, 2.05) is 0 Å². The van der Waals surface area contributed by atoms with Gasteiger partial charge in [-0.2, -0.15) is 0 Å². The van der Waals surface area contributed by atoms with Crippen molar-refractivity contribution in [3.05, 3.63) is 24.0 Å². The Kier molecular flexibility index (Phi) is 25.2. The van der Waals surface area contributed by atoms with Crippen LogP contribution < -0.4 is 0 Å². The van der Waals surface area contributed by atoms with Gasteiger partial charge in [-0.25, -0.2) is 0 Å². The van der Waals surface area contributed by atoms with E-state index in [9.17, 15) is 0 Å². The first-order valence-electron chi connectivity index (χ1n) is 18.0. The van der Waals surface area contributed by atoms with Gasteiger partial charge < -0.3 is 14.2 Å². The molecular weight excluding hydrogens is 492 g/mol. The number of allylic oxidation sites excluding steroid dienone is 2. The maximum atomic E-state index is 6.55. The molecule has 0 amide bonds. The van der Waals surface area contributed by atoms with E-state index in [2.05, 4.69) is 45.9 Å². The van der Waals surface area contributed by atoms with Gasteiger partial charge in [0.15, 0.2) is 0 Å². The number of hydrogen-bond donors (Lipinski definition) is 0. The monoisotopic (exact) mass is 563 g/mol. The maximum absolute atomic E-state index is 6.55. The first-order chi connectivity index (χ1) is 19.7. The molecule has 0 radical (unpaired) electrons. The molecule has 1 aliphatic rings. The summed E-state index contributed by atoms with van der Waals surface area (Å²) in [5, 5.41) is 0. The lowest BCUT2D eigenvalue weighted by Crippen LogP contribution is -2.45. The lowest BCUT2D eigenvalue weighted by Gasteiger charge is -2.38. The van der Waals surface area contributed by atoms with Crippen LogP contribution in [0.4, 0.5) is 0 Å². The Morgan fingerprint density at radius 2 is 0.925 bits per heavy atom. The second-order valence-electron chi connectivity index (χ2n) is 12.5. The lowest BCUT2D eigenvalue weighted by molar-refractivity contribution is -0.115. The van der Waals surface area contributed by atoms with Crippen LogP contribution in [0.15, 0.2) is 24.0 Å². The van der Waals surface area contributed by atoms with Crippen molar-refractivity contribution in [1.82, 2.24) is 0 Å². The van der Waals surface area contributed by atoms with Crippen LogP contribution in [0.25, 0.3) is 0 Å². The van der Waals surface area contributed by atoms with E-state index < -0.39 is 5.60 Å². The summed E-state index contributed by atoms with van der Waals surface area (Å²) in [5.41, 5.74) is -0.454. The normalized spacial score (nSPS) is 18.8. The van der Waals surface area contributed by atoms with Crippen LogP contribution in [-0.4, -0.2) is 31.5 Å². The van der Waals surface area contributed by atoms with Gasteiger partial charge >= 0.3 is 0 Å². The van der Waals surface area contributed by atoms with Gasteiger partial charge in [0.1, 0.15) is 17.5 Å². The van der Waals surface area contributed by atoms with E-state index >= 15 is 0 Å². The summed E-state index contributed by atoms with van der Waals surface area (Å²) in [5.74, 6) is 0.962. The molecule has 0 saturated carbocycles. The molecule has 0 saturated heterocycles. The van der Waals surface area contributed by atoms with Crippen LogP contribution in [0.3, 0.4) is 0 Å². The zero-order chi connectivity index (χ0) is 29.0. The topological polar surface area (TPSA) is 27.7 Å². The highest BCUT2D eigenvalue weighted by molar-refractivity contribution is 5.27. The summed E-state index contributed by atoms with van der Waals surface area (Å²) in [7, 11) is 0. The van der Waals surface area contributed by atoms with Crippen molar-refractivity contribution < 1.29 is 14.2 Å². The largest absolute Gasteiger partial charge is 0.495 e. The SMILES string of the molecule is CCCCCCCCCCOC1=CC=CC(C)(OCCCCCCCCCC)C1OCCCCCCCCCC. The molecule has 1 rings (SSSR count). The predicted molar refractivity (Wildman–Crippen MR) is 175 cm³/mol. The van der Waals surface area contributed by atoms with Crippen molar-refractivity contribution in [2.45, 2.75) is 193 Å². The lowest BCUT2D eigenvalue weighted by atomic mass is 9.92. The molecule has 0 fully saturated rings. The van der Waals surface area contributed by atoms with Gasteiger partial charge in [0.05, 0.1) is 6.61 Å². The zero-order valence-electron chi connectivity index (χ0n) is 27.6. The van der Waals surface area contributed by atoms with E-state index in [0.717, 1.165) is 44.8 Å². The van der Waals surface area contributed by atoms with Gasteiger partial charge in [0, 0.05) is 13.2 Å². The number of hydrogen-bond acceptors (Lipinski definition) is 3. The summed E-state index contributed by atoms with van der Waals surface area (Å²) in [6.07, 6.45) is 37.9. The highest BCUT2D eigenvalue weighted by atomic mass is 16.6. The van der Waals surface area contributed by atoms with Crippen molar-refractivity contribution in [2.75, 3.05) is 19.8 Å². The third-order valence-corrected chi connectivity index (χ3v) is 8.43. The fraction of sp³-hybridized carbons (Fsp3) is 0.892. The fourth-order valence-corrected chi connectivity index (χ4v) is 5.68. The summed E-state index contributed by atoms with van der Waals surface area (Å²) in [4.78, 5) is 0. The summed E-state index contributed by atoms with van der Waals surface area (Å²) in [6.45, 7) is 11.4. The maximum Gasteiger partial charge on any atom is 0.147 e. The third kappa shape index (κ3) is 19.3. The second kappa shape index (κ2) is 27.1. The molecule has 236 valence electrons. The summed E-state index contributed by atoms with van der Waals surface area (Å²) < 4.78 is 19.5. The first-order valence-corrected chi connectivity index (χ1v) is 18.0. The molecule has 0 aromatic rings. The van der Waals surface area contributed by atoms with Crippen LogP contribution in [0.5, 0.6) is 0 Å². The molecule has 1 aliphatic carbocycles. The van der Waals surface area contributed by atoms with Gasteiger partial charge in [0.25, 0.3) is 0 Å². The van der Waals surface area contributed by atoms with Gasteiger partial charge in [-0.3, -0.25) is 0 Å². The second-order valence-corrected chi connectivity index (χ2v) is 12.5. The quantitative estimate of drug-likeness (QED) is 0.0815. The van der Waals surface area contributed by atoms with Crippen LogP contribution in [0, 0.1) is 0 Å². The van der Waals surface area contributed by atoms with Gasteiger partial charge in [-0.05, 0) is 38.3 Å². The molecule has 0 N–H and O–H groups in total. The average Bonchev–Trinajstić information content (AvgIpc) is 2.95. The molecule has 2 atom stereocenters. The van der Waals surface area contributed by atoms with Crippen molar-refractivity contribution in [3.63, 3.8) is 0 Å². The number of ether oxygens (including phenoxy) is 3. The van der Waals surface area contributed by atoms with E-state index in [1.54, 1.807) is 0 Å². The molecule has 0 aliphatic heterocycles. The minimum absolute atomic E-state index is 0.148. The molecular formula is C37H70O3. The number of rotatable bonds is 30. The van der Waals surface area contributed by atoms with Crippen molar-refractivity contribution in [1.29, 1.82) is 0 Å². The van der Waals surface area contributed by atoms with Gasteiger partial charge in [-0.15, -0.1) is 0 Å². The molecule has 0 bridgehead atoms. The van der Waals surface area contributed by atoms with Crippen LogP contribution in [0.1, 0.15) is 182 Å². The zero-order valence-corrected chi connectivity index (χ0v) is 27.6. The Morgan fingerprint density at radius 3 is 1.40 bits per heavy atom. The minimum Gasteiger partial charge on any atom is -0.495 e. The smallest absolute Gasteiger partial charge is 0.147 e. The molecule has 3 nitrogen and oxygen atoms in total. The van der Waals surface area contributed by atoms with Crippen LogP contribution in [0.2, 0.25) is 0 Å². The highest BCUT2D eigenvalue weighted by Crippen LogP contribution is 2.31. The van der Waals surface area contributed by atoms with Crippen LogP contribution >= 0.6 is 0 Å². The molecule has 40 heavy (non-hydrogen) atoms. The van der Waals surface area contributed by atoms with Gasteiger partial charge in [-0.1, -0.05) is 162 Å². The Bertz CT molecular complexity index is 598. The summed E-state index contributed by atoms with van der Waals surface area (Å²) in [6, 6.07) is 0. The predicted octanol–water partition coefficient (Wildman–Crippen LogP) is 12.0. The van der Waals surface area contributed by atoms with Crippen molar-refractivity contribution >= 4 is 0 Å². The Hall–Kier alpha value is -0.800. The van der Waals surface area contributed by atoms with E-state index in [-0.39, 0.29) is 6.10 Å². The Morgan fingerprint density at radius 1 is 0.525 bits per heavy atom. The molecule has 0 aromatic heterocycles. The minimum atomic E-state index is -0.454. The van der Waals surface area contributed by atoms with Crippen molar-refractivity contribution in [3.8, 4) is 0 Å². The summed E-state index contributed by atoms with van der Waals surface area (Å²) >= 11 is 0. The number of unbranched alkanes of at least 4 members (excludes halogenated alkanes) is 21. The molecule has 0 aromatic carbocycles. The molecule has 2 unspecified atom stereocenters. The van der Waals surface area contributed by atoms with E-state index in [1.165, 1.54) is 135 Å². The highest BCUT2D eigenvalue weighted by Gasteiger charge is 2.39. The standard InChI is InChI=1S/C37H70O3/c1-5-8-11-14-17-20-23-26-32-38-35-30-29-31-37(4,40-34-28-25-22-19-16-13-10-7-3)36(35)39-33-27-24-21-18-15-12-9-6-2/h29-31,36H,5-28,32-34H2,1-4H3. The Balaban J connectivity index is 2.45.